The van der Waals surface area contributed by atoms with Gasteiger partial charge in [-0.2, -0.15) is 0 Å². The fourth-order valence-electron chi connectivity index (χ4n) is 2.30. The molecule has 0 saturated heterocycles. The SMILES string of the molecule is C=C(C)C(=O)O.CCCCCCCCCC(OCC)(OCC)OCC. The second-order valence-electron chi connectivity index (χ2n) is 5.94. The van der Waals surface area contributed by atoms with Crippen LogP contribution in [0.25, 0.3) is 0 Å². The van der Waals surface area contributed by atoms with E-state index in [1.54, 1.807) is 0 Å². The highest BCUT2D eigenvalue weighted by Gasteiger charge is 2.31. The minimum absolute atomic E-state index is 0.176. The summed E-state index contributed by atoms with van der Waals surface area (Å²) in [6, 6.07) is 0. The third-order valence-electron chi connectivity index (χ3n) is 3.54. The molecule has 0 saturated carbocycles. The number of unbranched alkanes of at least 4 members (excludes halogenated alkanes) is 6. The largest absolute Gasteiger partial charge is 0.478 e. The molecule has 0 heterocycles. The van der Waals surface area contributed by atoms with Crippen LogP contribution in [0.1, 0.15) is 86.0 Å². The number of hydrogen-bond acceptors (Lipinski definition) is 4. The zero-order valence-corrected chi connectivity index (χ0v) is 17.1. The molecule has 0 amide bonds. The molecule has 0 aromatic heterocycles. The number of ether oxygens (including phenoxy) is 3. The molecule has 0 aliphatic rings. The average molecular weight is 361 g/mol. The van der Waals surface area contributed by atoms with Crippen molar-refractivity contribution in [2.45, 2.75) is 92.0 Å². The molecule has 0 spiro atoms. The highest BCUT2D eigenvalue weighted by Crippen LogP contribution is 2.24. The van der Waals surface area contributed by atoms with Crippen molar-refractivity contribution >= 4 is 5.97 Å². The molecule has 150 valence electrons. The van der Waals surface area contributed by atoms with Gasteiger partial charge in [0.15, 0.2) is 0 Å². The quantitative estimate of drug-likeness (QED) is 0.236. The number of hydrogen-bond donors (Lipinski definition) is 1. The van der Waals surface area contributed by atoms with Crippen LogP contribution in [0.5, 0.6) is 0 Å². The first-order valence-corrected chi connectivity index (χ1v) is 9.69. The minimum Gasteiger partial charge on any atom is -0.478 e. The molecule has 0 aliphatic carbocycles. The fourth-order valence-corrected chi connectivity index (χ4v) is 2.30. The second-order valence-corrected chi connectivity index (χ2v) is 5.94. The standard InChI is InChI=1S/C16H34O3.C4H6O2/c1-5-9-10-11-12-13-14-15-16(17-6-2,18-7-3)19-8-4;1-3(2)4(5)6/h5-15H2,1-4H3;1H2,2H3,(H,5,6). The normalized spacial score (nSPS) is 10.9. The van der Waals surface area contributed by atoms with E-state index in [0.717, 1.165) is 12.8 Å². The van der Waals surface area contributed by atoms with Crippen molar-refractivity contribution in [3.8, 4) is 0 Å². The first kappa shape index (κ1) is 26.3. The molecule has 5 nitrogen and oxygen atoms in total. The zero-order valence-electron chi connectivity index (χ0n) is 17.1. The lowest BCUT2D eigenvalue weighted by molar-refractivity contribution is -0.380. The maximum atomic E-state index is 9.60. The van der Waals surface area contributed by atoms with E-state index in [4.69, 9.17) is 19.3 Å². The van der Waals surface area contributed by atoms with Gasteiger partial charge in [-0.15, -0.1) is 0 Å². The van der Waals surface area contributed by atoms with Gasteiger partial charge in [-0.1, -0.05) is 52.0 Å². The van der Waals surface area contributed by atoms with Gasteiger partial charge < -0.3 is 19.3 Å². The van der Waals surface area contributed by atoms with Gasteiger partial charge in [0.2, 0.25) is 0 Å². The Balaban J connectivity index is 0. The van der Waals surface area contributed by atoms with Crippen LogP contribution in [0.4, 0.5) is 0 Å². The van der Waals surface area contributed by atoms with E-state index in [-0.39, 0.29) is 5.57 Å². The van der Waals surface area contributed by atoms with E-state index < -0.39 is 11.9 Å². The van der Waals surface area contributed by atoms with Gasteiger partial charge >= 0.3 is 5.97 Å². The molecule has 5 heteroatoms. The first-order chi connectivity index (χ1) is 11.9. The first-order valence-electron chi connectivity index (χ1n) is 9.69. The molecular formula is C20H40O5. The molecule has 0 bridgehead atoms. The van der Waals surface area contributed by atoms with Gasteiger partial charge in [-0.3, -0.25) is 0 Å². The van der Waals surface area contributed by atoms with E-state index in [2.05, 4.69) is 13.5 Å². The fraction of sp³-hybridized carbons (Fsp3) is 0.850. The van der Waals surface area contributed by atoms with Crippen molar-refractivity contribution in [3.05, 3.63) is 12.2 Å². The summed E-state index contributed by atoms with van der Waals surface area (Å²) >= 11 is 0. The number of carbonyl (C=O) groups is 1. The Bertz CT molecular complexity index is 299. The van der Waals surface area contributed by atoms with Crippen LogP contribution in [-0.4, -0.2) is 36.9 Å². The van der Waals surface area contributed by atoms with E-state index in [1.807, 2.05) is 20.8 Å². The summed E-state index contributed by atoms with van der Waals surface area (Å²) in [6.07, 6.45) is 9.85. The van der Waals surface area contributed by atoms with E-state index in [0.29, 0.717) is 19.8 Å². The summed E-state index contributed by atoms with van der Waals surface area (Å²) in [7, 11) is 0. The van der Waals surface area contributed by atoms with Crippen LogP contribution < -0.4 is 0 Å². The number of carboxylic acids is 1. The predicted octanol–water partition coefficient (Wildman–Crippen LogP) is 5.54. The number of aliphatic carboxylic acids is 1. The van der Waals surface area contributed by atoms with Crippen molar-refractivity contribution in [2.75, 3.05) is 19.8 Å². The predicted molar refractivity (Wildman–Crippen MR) is 103 cm³/mol. The number of rotatable bonds is 15. The summed E-state index contributed by atoms with van der Waals surface area (Å²) in [5, 5.41) is 7.89. The highest BCUT2D eigenvalue weighted by atomic mass is 16.9. The second kappa shape index (κ2) is 17.9. The topological polar surface area (TPSA) is 65.0 Å². The molecule has 1 N–H and O–H groups in total. The molecular weight excluding hydrogens is 320 g/mol. The van der Waals surface area contributed by atoms with Crippen LogP contribution >= 0.6 is 0 Å². The van der Waals surface area contributed by atoms with Crippen molar-refractivity contribution in [2.24, 2.45) is 0 Å². The van der Waals surface area contributed by atoms with Crippen molar-refractivity contribution < 1.29 is 24.1 Å². The van der Waals surface area contributed by atoms with E-state index in [1.165, 1.54) is 45.4 Å². The van der Waals surface area contributed by atoms with Gasteiger partial charge in [-0.05, 0) is 34.1 Å². The van der Waals surface area contributed by atoms with Gasteiger partial charge in [0.05, 0.1) is 0 Å². The molecule has 0 radical (unpaired) electrons. The summed E-state index contributed by atoms with van der Waals surface area (Å²) in [5.74, 6) is -1.74. The average Bonchev–Trinajstić information content (AvgIpc) is 2.55. The Morgan fingerprint density at radius 3 is 1.52 bits per heavy atom. The molecule has 0 aliphatic heterocycles. The number of carboxylic acid groups (broad SMARTS) is 1. The molecule has 0 unspecified atom stereocenters. The Morgan fingerprint density at radius 1 is 0.840 bits per heavy atom. The Hall–Kier alpha value is -0.910. The van der Waals surface area contributed by atoms with Crippen LogP contribution in [0.15, 0.2) is 12.2 Å². The maximum absolute atomic E-state index is 9.60. The zero-order chi connectivity index (χ0) is 19.6. The lowest BCUT2D eigenvalue weighted by Gasteiger charge is -2.32. The van der Waals surface area contributed by atoms with Gasteiger partial charge in [0, 0.05) is 31.8 Å². The van der Waals surface area contributed by atoms with Crippen molar-refractivity contribution in [3.63, 3.8) is 0 Å². The van der Waals surface area contributed by atoms with Gasteiger partial charge in [-0.25, -0.2) is 4.79 Å². The molecule has 25 heavy (non-hydrogen) atoms. The molecule has 0 aromatic rings. The van der Waals surface area contributed by atoms with Crippen LogP contribution in [0.3, 0.4) is 0 Å². The maximum Gasteiger partial charge on any atom is 0.330 e. The summed E-state index contributed by atoms with van der Waals surface area (Å²) in [4.78, 5) is 9.60. The van der Waals surface area contributed by atoms with Crippen LogP contribution in [0.2, 0.25) is 0 Å². The Kier molecular flexibility index (Phi) is 18.8. The van der Waals surface area contributed by atoms with Gasteiger partial charge in [0.25, 0.3) is 5.97 Å². The lowest BCUT2D eigenvalue weighted by Crippen LogP contribution is -2.39. The minimum atomic E-state index is -0.935. The van der Waals surface area contributed by atoms with Crippen molar-refractivity contribution in [1.82, 2.24) is 0 Å². The molecule has 0 aromatic carbocycles. The summed E-state index contributed by atoms with van der Waals surface area (Å²) in [6.45, 7) is 14.7. The van der Waals surface area contributed by atoms with Crippen LogP contribution in [-0.2, 0) is 19.0 Å². The van der Waals surface area contributed by atoms with E-state index in [9.17, 15) is 4.79 Å². The summed E-state index contributed by atoms with van der Waals surface area (Å²) in [5.41, 5.74) is 0.176. The van der Waals surface area contributed by atoms with E-state index >= 15 is 0 Å². The third-order valence-corrected chi connectivity index (χ3v) is 3.54. The van der Waals surface area contributed by atoms with Crippen molar-refractivity contribution in [1.29, 1.82) is 0 Å². The molecule has 0 atom stereocenters. The molecule has 0 rings (SSSR count). The highest BCUT2D eigenvalue weighted by molar-refractivity contribution is 5.84. The lowest BCUT2D eigenvalue weighted by atomic mass is 10.1. The smallest absolute Gasteiger partial charge is 0.330 e. The summed E-state index contributed by atoms with van der Waals surface area (Å²) < 4.78 is 17.1. The van der Waals surface area contributed by atoms with Gasteiger partial charge in [0.1, 0.15) is 0 Å². The Morgan fingerprint density at radius 2 is 1.20 bits per heavy atom. The monoisotopic (exact) mass is 360 g/mol. The Labute approximate surface area is 154 Å². The van der Waals surface area contributed by atoms with Crippen LogP contribution in [0, 0.1) is 0 Å². The molecule has 0 fully saturated rings. The third kappa shape index (κ3) is 16.3.